The van der Waals surface area contributed by atoms with Crippen LogP contribution in [0.1, 0.15) is 28.4 Å². The molecule has 0 aliphatic carbocycles. The Kier molecular flexibility index (Phi) is 5.48. The Bertz CT molecular complexity index is 822. The molecule has 0 aromatic carbocycles. The second kappa shape index (κ2) is 7.83. The van der Waals surface area contributed by atoms with Gasteiger partial charge in [-0.2, -0.15) is 0 Å². The lowest BCUT2D eigenvalue weighted by atomic mass is 9.92. The number of aromatic nitrogens is 3. The molecule has 4 rings (SSSR count). The molecular formula is C17H19IN4O3S. The van der Waals surface area contributed by atoms with Crippen LogP contribution in [0.2, 0.25) is 0 Å². The molecule has 1 saturated heterocycles. The van der Waals surface area contributed by atoms with Crippen LogP contribution in [-0.4, -0.2) is 59.6 Å². The van der Waals surface area contributed by atoms with Crippen LogP contribution in [0.25, 0.3) is 11.4 Å². The van der Waals surface area contributed by atoms with Crippen LogP contribution < -0.4 is 5.32 Å². The number of nitrogens with one attached hydrogen (secondary N) is 2. The average Bonchev–Trinajstić information content (AvgIpc) is 3.03. The second-order valence-corrected chi connectivity index (χ2v) is 8.09. The lowest BCUT2D eigenvalue weighted by molar-refractivity contribution is -0.0928. The maximum absolute atomic E-state index is 12.5. The van der Waals surface area contributed by atoms with Gasteiger partial charge in [0.15, 0.2) is 5.16 Å². The zero-order valence-corrected chi connectivity index (χ0v) is 17.2. The summed E-state index contributed by atoms with van der Waals surface area (Å²) in [4.78, 5) is 24.8. The summed E-state index contributed by atoms with van der Waals surface area (Å²) in [5.41, 5.74) is 3.35. The maximum Gasteiger partial charge on any atom is 0.254 e. The highest BCUT2D eigenvalue weighted by Gasteiger charge is 2.33. The van der Waals surface area contributed by atoms with Crippen molar-refractivity contribution in [3.8, 4) is 11.4 Å². The number of amides is 1. The zero-order valence-electron chi connectivity index (χ0n) is 14.3. The Morgan fingerprint density at radius 3 is 3.08 bits per heavy atom. The summed E-state index contributed by atoms with van der Waals surface area (Å²) in [7, 11) is 0. The van der Waals surface area contributed by atoms with E-state index in [0.717, 1.165) is 32.6 Å². The van der Waals surface area contributed by atoms with Crippen molar-refractivity contribution in [2.24, 2.45) is 0 Å². The van der Waals surface area contributed by atoms with Gasteiger partial charge >= 0.3 is 0 Å². The SMILES string of the molecule is CSc1nccc(-c2[nH]c3c(c2I)C(=O)NCC3C[C@H]2COCCO2)n1. The number of rotatable bonds is 4. The second-order valence-electron chi connectivity index (χ2n) is 6.24. The molecule has 2 aliphatic heterocycles. The molecule has 4 heterocycles. The molecule has 2 aromatic rings. The normalized spacial score (nSPS) is 22.8. The molecule has 0 spiro atoms. The van der Waals surface area contributed by atoms with E-state index in [-0.39, 0.29) is 17.9 Å². The van der Waals surface area contributed by atoms with Gasteiger partial charge in [-0.15, -0.1) is 0 Å². The third kappa shape index (κ3) is 3.49. The van der Waals surface area contributed by atoms with E-state index in [1.165, 1.54) is 11.8 Å². The first-order valence-corrected chi connectivity index (χ1v) is 10.7. The van der Waals surface area contributed by atoms with Gasteiger partial charge in [-0.05, 0) is 41.3 Å². The van der Waals surface area contributed by atoms with Crippen molar-refractivity contribution >= 4 is 40.3 Å². The van der Waals surface area contributed by atoms with Gasteiger partial charge in [0, 0.05) is 24.4 Å². The van der Waals surface area contributed by atoms with Crippen LogP contribution in [0, 0.1) is 3.57 Å². The third-order valence-corrected chi connectivity index (χ3v) is 6.26. The highest BCUT2D eigenvalue weighted by molar-refractivity contribution is 14.1. The Hall–Kier alpha value is -1.17. The van der Waals surface area contributed by atoms with Crippen LogP contribution in [-0.2, 0) is 9.47 Å². The van der Waals surface area contributed by atoms with Gasteiger partial charge in [0.05, 0.1) is 46.4 Å². The predicted octanol–water partition coefficient (Wildman–Crippen LogP) is 2.43. The third-order valence-electron chi connectivity index (χ3n) is 4.62. The van der Waals surface area contributed by atoms with E-state index in [2.05, 4.69) is 42.9 Å². The molecule has 2 atom stereocenters. The van der Waals surface area contributed by atoms with Gasteiger partial charge in [-0.25, -0.2) is 9.97 Å². The molecule has 0 saturated carbocycles. The highest BCUT2D eigenvalue weighted by Crippen LogP contribution is 2.36. The van der Waals surface area contributed by atoms with Crippen molar-refractivity contribution in [1.29, 1.82) is 0 Å². The Morgan fingerprint density at radius 2 is 2.31 bits per heavy atom. The molecule has 2 aromatic heterocycles. The van der Waals surface area contributed by atoms with Crippen molar-refractivity contribution in [3.05, 3.63) is 27.1 Å². The first kappa shape index (κ1) is 18.2. The zero-order chi connectivity index (χ0) is 18.1. The fourth-order valence-corrected chi connectivity index (χ4v) is 4.68. The van der Waals surface area contributed by atoms with Crippen molar-refractivity contribution in [3.63, 3.8) is 0 Å². The number of fused-ring (bicyclic) bond motifs is 1. The van der Waals surface area contributed by atoms with Gasteiger partial charge < -0.3 is 19.8 Å². The van der Waals surface area contributed by atoms with E-state index in [1.807, 2.05) is 12.3 Å². The fraction of sp³-hybridized carbons (Fsp3) is 0.471. The number of aromatic amines is 1. The topological polar surface area (TPSA) is 89.1 Å². The Morgan fingerprint density at radius 1 is 1.42 bits per heavy atom. The predicted molar refractivity (Wildman–Crippen MR) is 107 cm³/mol. The lowest BCUT2D eigenvalue weighted by Gasteiger charge is -2.29. The van der Waals surface area contributed by atoms with Gasteiger partial charge in [-0.3, -0.25) is 4.79 Å². The van der Waals surface area contributed by atoms with Gasteiger partial charge in [0.2, 0.25) is 0 Å². The molecule has 0 radical (unpaired) electrons. The number of carbonyl (C=O) groups is 1. The largest absolute Gasteiger partial charge is 0.376 e. The average molecular weight is 486 g/mol. The number of thioether (sulfide) groups is 1. The molecule has 1 amide bonds. The van der Waals surface area contributed by atoms with Crippen LogP contribution in [0.5, 0.6) is 0 Å². The number of carbonyl (C=O) groups excluding carboxylic acids is 1. The Balaban J connectivity index is 1.69. The van der Waals surface area contributed by atoms with Crippen molar-refractivity contribution < 1.29 is 14.3 Å². The number of hydrogen-bond donors (Lipinski definition) is 2. The van der Waals surface area contributed by atoms with Crippen LogP contribution in [0.15, 0.2) is 17.4 Å². The van der Waals surface area contributed by atoms with Gasteiger partial charge in [0.25, 0.3) is 5.91 Å². The highest BCUT2D eigenvalue weighted by atomic mass is 127. The Labute approximate surface area is 169 Å². The quantitative estimate of drug-likeness (QED) is 0.392. The van der Waals surface area contributed by atoms with E-state index >= 15 is 0 Å². The molecule has 2 aliphatic rings. The standard InChI is InChI=1S/C17H19IN4O3S/c1-26-17-19-3-2-11(21-17)15-13(18)12-14(22-15)9(7-20-16(12)23)6-10-8-24-4-5-25-10/h2-3,9-10,22H,4-8H2,1H3,(H,20,23)/t9?,10-/m0/s1. The van der Waals surface area contributed by atoms with Crippen molar-refractivity contribution in [2.75, 3.05) is 32.6 Å². The molecule has 1 unspecified atom stereocenters. The fourth-order valence-electron chi connectivity index (χ4n) is 3.38. The summed E-state index contributed by atoms with van der Waals surface area (Å²) >= 11 is 3.72. The number of halogens is 1. The minimum atomic E-state index is -0.0388. The molecular weight excluding hydrogens is 467 g/mol. The molecule has 0 bridgehead atoms. The van der Waals surface area contributed by atoms with Gasteiger partial charge in [-0.1, -0.05) is 11.8 Å². The van der Waals surface area contributed by atoms with Crippen molar-refractivity contribution in [1.82, 2.24) is 20.3 Å². The molecule has 2 N–H and O–H groups in total. The lowest BCUT2D eigenvalue weighted by Crippen LogP contribution is -2.38. The first-order valence-electron chi connectivity index (χ1n) is 8.43. The summed E-state index contributed by atoms with van der Waals surface area (Å²) in [6.07, 6.45) is 4.56. The number of hydrogen-bond acceptors (Lipinski definition) is 6. The molecule has 9 heteroatoms. The molecule has 26 heavy (non-hydrogen) atoms. The minimum Gasteiger partial charge on any atom is -0.376 e. The van der Waals surface area contributed by atoms with E-state index in [9.17, 15) is 4.79 Å². The van der Waals surface area contributed by atoms with Crippen molar-refractivity contribution in [2.45, 2.75) is 23.6 Å². The summed E-state index contributed by atoms with van der Waals surface area (Å²) in [5.74, 6) is 0.127. The number of nitrogens with zero attached hydrogens (tertiary/aromatic N) is 2. The summed E-state index contributed by atoms with van der Waals surface area (Å²) < 4.78 is 12.2. The summed E-state index contributed by atoms with van der Waals surface area (Å²) in [6.45, 7) is 2.48. The van der Waals surface area contributed by atoms with Crippen LogP contribution in [0.3, 0.4) is 0 Å². The van der Waals surface area contributed by atoms with E-state index in [0.29, 0.717) is 31.5 Å². The number of H-pyrrole nitrogens is 1. The minimum absolute atomic E-state index is 0.0388. The molecule has 1 fully saturated rings. The smallest absolute Gasteiger partial charge is 0.254 e. The van der Waals surface area contributed by atoms with E-state index in [4.69, 9.17) is 9.47 Å². The molecule has 7 nitrogen and oxygen atoms in total. The summed E-state index contributed by atoms with van der Waals surface area (Å²) in [6, 6.07) is 1.87. The summed E-state index contributed by atoms with van der Waals surface area (Å²) in [5, 5.41) is 3.72. The number of ether oxygens (including phenoxy) is 2. The van der Waals surface area contributed by atoms with Crippen LogP contribution >= 0.6 is 34.4 Å². The van der Waals surface area contributed by atoms with Crippen LogP contribution in [0.4, 0.5) is 0 Å². The van der Waals surface area contributed by atoms with E-state index in [1.54, 1.807) is 6.20 Å². The monoisotopic (exact) mass is 486 g/mol. The van der Waals surface area contributed by atoms with Gasteiger partial charge in [0.1, 0.15) is 0 Å². The molecule has 138 valence electrons. The maximum atomic E-state index is 12.5. The van der Waals surface area contributed by atoms with E-state index < -0.39 is 0 Å². The first-order chi connectivity index (χ1) is 12.7.